The van der Waals surface area contributed by atoms with E-state index < -0.39 is 0 Å². The lowest BCUT2D eigenvalue weighted by Crippen LogP contribution is -2.22. The second-order valence-corrected chi connectivity index (χ2v) is 6.54. The molecule has 1 unspecified atom stereocenters. The van der Waals surface area contributed by atoms with Crippen molar-refractivity contribution in [2.24, 2.45) is 0 Å². The topological polar surface area (TPSA) is 18.5 Å². The van der Waals surface area contributed by atoms with Crippen LogP contribution in [0.4, 0.5) is 0 Å². The lowest BCUT2D eigenvalue weighted by molar-refractivity contribution is -0.154. The third-order valence-corrected chi connectivity index (χ3v) is 4.24. The molecule has 0 radical (unpaired) electrons. The summed E-state index contributed by atoms with van der Waals surface area (Å²) < 4.78 is 11.1. The predicted molar refractivity (Wildman–Crippen MR) is 102 cm³/mol. The molecule has 0 aromatic rings. The van der Waals surface area contributed by atoms with E-state index in [9.17, 15) is 0 Å². The van der Waals surface area contributed by atoms with Crippen molar-refractivity contribution in [2.75, 3.05) is 13.2 Å². The Morgan fingerprint density at radius 1 is 0.792 bits per heavy atom. The Bertz CT molecular complexity index is 388. The van der Waals surface area contributed by atoms with Crippen LogP contribution in [-0.2, 0) is 9.47 Å². The Balaban J connectivity index is 1.78. The Labute approximate surface area is 150 Å². The number of hydrogen-bond acceptors (Lipinski definition) is 2. The summed E-state index contributed by atoms with van der Waals surface area (Å²) >= 11 is 0. The maximum absolute atomic E-state index is 5.59. The normalized spacial score (nSPS) is 16.8. The zero-order valence-corrected chi connectivity index (χ0v) is 15.7. The van der Waals surface area contributed by atoms with Crippen molar-refractivity contribution in [3.8, 4) is 23.7 Å². The lowest BCUT2D eigenvalue weighted by atomic mass is 10.1. The molecule has 2 heteroatoms. The second-order valence-electron chi connectivity index (χ2n) is 6.54. The van der Waals surface area contributed by atoms with E-state index in [0.29, 0.717) is 6.61 Å². The average Bonchev–Trinajstić information content (AvgIpc) is 2.62. The fourth-order valence-corrected chi connectivity index (χ4v) is 2.69. The second kappa shape index (κ2) is 16.9. The number of unbranched alkanes of at least 4 members (excludes halogenated alkanes) is 9. The van der Waals surface area contributed by atoms with Crippen LogP contribution in [0.25, 0.3) is 0 Å². The zero-order valence-electron chi connectivity index (χ0n) is 15.7. The Morgan fingerprint density at radius 3 is 2.04 bits per heavy atom. The first-order valence-corrected chi connectivity index (χ1v) is 10.1. The van der Waals surface area contributed by atoms with Crippen LogP contribution in [0.5, 0.6) is 0 Å². The third-order valence-electron chi connectivity index (χ3n) is 4.24. The first kappa shape index (κ1) is 21.1. The molecule has 0 N–H and O–H groups in total. The van der Waals surface area contributed by atoms with Crippen LogP contribution in [0.15, 0.2) is 0 Å². The Morgan fingerprint density at radius 2 is 1.42 bits per heavy atom. The highest BCUT2D eigenvalue weighted by Gasteiger charge is 2.12. The minimum Gasteiger partial charge on any atom is -0.353 e. The standard InChI is InChI=1S/C22H36O2/c1-2-3-4-5-6-7-8-9-10-11-12-13-14-15-17-20-23-22-19-16-18-21-24-22/h22H,2-4,7-14,16,18-21H2,1H3. The van der Waals surface area contributed by atoms with Gasteiger partial charge in [-0.1, -0.05) is 44.9 Å². The molecule has 136 valence electrons. The molecule has 1 heterocycles. The number of ether oxygens (including phenoxy) is 2. The van der Waals surface area contributed by atoms with Gasteiger partial charge in [0.2, 0.25) is 0 Å². The van der Waals surface area contributed by atoms with Crippen molar-refractivity contribution >= 4 is 0 Å². The first-order chi connectivity index (χ1) is 11.9. The van der Waals surface area contributed by atoms with Crippen molar-refractivity contribution in [1.82, 2.24) is 0 Å². The third kappa shape index (κ3) is 13.5. The van der Waals surface area contributed by atoms with Gasteiger partial charge >= 0.3 is 0 Å². The molecule has 0 aromatic carbocycles. The van der Waals surface area contributed by atoms with Gasteiger partial charge in [-0.3, -0.25) is 0 Å². The van der Waals surface area contributed by atoms with Crippen molar-refractivity contribution in [3.63, 3.8) is 0 Å². The maximum atomic E-state index is 5.59. The largest absolute Gasteiger partial charge is 0.353 e. The van der Waals surface area contributed by atoms with Crippen molar-refractivity contribution < 1.29 is 9.47 Å². The molecular weight excluding hydrogens is 296 g/mol. The van der Waals surface area contributed by atoms with Gasteiger partial charge in [0.1, 0.15) is 6.61 Å². The van der Waals surface area contributed by atoms with Gasteiger partial charge in [-0.2, -0.15) is 0 Å². The van der Waals surface area contributed by atoms with Crippen molar-refractivity contribution in [1.29, 1.82) is 0 Å². The van der Waals surface area contributed by atoms with Gasteiger partial charge in [-0.25, -0.2) is 0 Å². The molecule has 1 rings (SSSR count). The smallest absolute Gasteiger partial charge is 0.158 e. The Hall–Kier alpha value is -0.960. The van der Waals surface area contributed by atoms with E-state index in [0.717, 1.165) is 38.7 Å². The summed E-state index contributed by atoms with van der Waals surface area (Å²) in [6.45, 7) is 3.57. The molecule has 1 aliphatic heterocycles. The summed E-state index contributed by atoms with van der Waals surface area (Å²) in [6, 6.07) is 0. The van der Waals surface area contributed by atoms with Gasteiger partial charge in [0.15, 0.2) is 6.29 Å². The molecule has 24 heavy (non-hydrogen) atoms. The van der Waals surface area contributed by atoms with Crippen LogP contribution in [-0.4, -0.2) is 19.5 Å². The SMILES string of the molecule is CCCCC#CCCCCCCCCC#CCOC1CCCCO1. The zero-order chi connectivity index (χ0) is 17.1. The highest BCUT2D eigenvalue weighted by molar-refractivity contribution is 4.99. The van der Waals surface area contributed by atoms with E-state index in [1.54, 1.807) is 0 Å². The van der Waals surface area contributed by atoms with Gasteiger partial charge in [0, 0.05) is 25.9 Å². The minimum atomic E-state index is -0.00983. The van der Waals surface area contributed by atoms with E-state index in [1.807, 2.05) is 0 Å². The molecule has 0 aliphatic carbocycles. The molecule has 1 aliphatic rings. The molecule has 0 saturated carbocycles. The molecule has 1 fully saturated rings. The first-order valence-electron chi connectivity index (χ1n) is 10.1. The molecule has 0 spiro atoms. The monoisotopic (exact) mass is 332 g/mol. The summed E-state index contributed by atoms with van der Waals surface area (Å²) in [5.41, 5.74) is 0. The molecule has 1 saturated heterocycles. The number of rotatable bonds is 11. The fraction of sp³-hybridized carbons (Fsp3) is 0.818. The molecule has 2 nitrogen and oxygen atoms in total. The van der Waals surface area contributed by atoms with Gasteiger partial charge < -0.3 is 9.47 Å². The van der Waals surface area contributed by atoms with Crippen LogP contribution in [0.3, 0.4) is 0 Å². The Kier molecular flexibility index (Phi) is 14.8. The van der Waals surface area contributed by atoms with Crippen LogP contribution >= 0.6 is 0 Å². The van der Waals surface area contributed by atoms with Crippen molar-refractivity contribution in [2.45, 2.75) is 103 Å². The minimum absolute atomic E-state index is 0.00983. The van der Waals surface area contributed by atoms with Gasteiger partial charge in [0.05, 0.1) is 0 Å². The fourth-order valence-electron chi connectivity index (χ4n) is 2.69. The molecule has 1 atom stereocenters. The van der Waals surface area contributed by atoms with E-state index in [-0.39, 0.29) is 6.29 Å². The highest BCUT2D eigenvalue weighted by Crippen LogP contribution is 2.13. The summed E-state index contributed by atoms with van der Waals surface area (Å²) in [5, 5.41) is 0. The van der Waals surface area contributed by atoms with E-state index >= 15 is 0 Å². The summed E-state index contributed by atoms with van der Waals surface area (Å²) in [7, 11) is 0. The quantitative estimate of drug-likeness (QED) is 0.349. The van der Waals surface area contributed by atoms with Crippen LogP contribution in [0.1, 0.15) is 96.8 Å². The van der Waals surface area contributed by atoms with Gasteiger partial charge in [0.25, 0.3) is 0 Å². The van der Waals surface area contributed by atoms with Crippen LogP contribution < -0.4 is 0 Å². The average molecular weight is 333 g/mol. The summed E-state index contributed by atoms with van der Waals surface area (Å²) in [6.07, 6.45) is 16.8. The molecule has 0 bridgehead atoms. The predicted octanol–water partition coefficient (Wildman–Crippen LogP) is 5.85. The lowest BCUT2D eigenvalue weighted by Gasteiger charge is -2.21. The summed E-state index contributed by atoms with van der Waals surface area (Å²) in [4.78, 5) is 0. The van der Waals surface area contributed by atoms with E-state index in [4.69, 9.17) is 9.47 Å². The molecule has 0 aromatic heterocycles. The van der Waals surface area contributed by atoms with Gasteiger partial charge in [-0.05, 0) is 38.5 Å². The maximum Gasteiger partial charge on any atom is 0.158 e. The van der Waals surface area contributed by atoms with Gasteiger partial charge in [-0.15, -0.1) is 17.8 Å². The van der Waals surface area contributed by atoms with E-state index in [1.165, 1.54) is 57.8 Å². The summed E-state index contributed by atoms with van der Waals surface area (Å²) in [5.74, 6) is 12.9. The van der Waals surface area contributed by atoms with Crippen molar-refractivity contribution in [3.05, 3.63) is 0 Å². The molecule has 0 amide bonds. The van der Waals surface area contributed by atoms with E-state index in [2.05, 4.69) is 30.6 Å². The van der Waals surface area contributed by atoms with Crippen LogP contribution in [0.2, 0.25) is 0 Å². The molecular formula is C22H36O2. The highest BCUT2D eigenvalue weighted by atomic mass is 16.7. The van der Waals surface area contributed by atoms with Crippen LogP contribution in [0, 0.1) is 23.7 Å². The number of hydrogen-bond donors (Lipinski definition) is 0.